The highest BCUT2D eigenvalue weighted by molar-refractivity contribution is 5.94. The maximum atomic E-state index is 13.2. The molecule has 12 heteroatoms. The summed E-state index contributed by atoms with van der Waals surface area (Å²) in [5, 5.41) is 19.9. The van der Waals surface area contributed by atoms with Gasteiger partial charge in [0.05, 0.1) is 29.2 Å². The minimum Gasteiger partial charge on any atom is -0.372 e. The number of anilines is 1. The van der Waals surface area contributed by atoms with Gasteiger partial charge in [0, 0.05) is 42.1 Å². The molecule has 0 saturated carbocycles. The van der Waals surface area contributed by atoms with Crippen LogP contribution in [0.1, 0.15) is 24.0 Å². The number of nitriles is 1. The van der Waals surface area contributed by atoms with Gasteiger partial charge in [0.2, 0.25) is 5.95 Å². The van der Waals surface area contributed by atoms with Gasteiger partial charge >= 0.3 is 6.18 Å². The van der Waals surface area contributed by atoms with Crippen molar-refractivity contribution in [2.24, 2.45) is 0 Å². The molecule has 4 N–H and O–H groups in total. The van der Waals surface area contributed by atoms with Crippen molar-refractivity contribution in [3.8, 4) is 17.3 Å². The summed E-state index contributed by atoms with van der Waals surface area (Å²) in [4.78, 5) is 17.7. The number of rotatable bonds is 6. The number of piperidine rings is 1. The van der Waals surface area contributed by atoms with Gasteiger partial charge in [0.15, 0.2) is 0 Å². The Morgan fingerprint density at radius 3 is 2.73 bits per heavy atom. The van der Waals surface area contributed by atoms with Crippen LogP contribution < -0.4 is 16.0 Å². The van der Waals surface area contributed by atoms with Crippen LogP contribution in [0.5, 0.6) is 0 Å². The second-order valence-electron chi connectivity index (χ2n) is 9.21. The van der Waals surface area contributed by atoms with Crippen molar-refractivity contribution in [3.63, 3.8) is 0 Å². The summed E-state index contributed by atoms with van der Waals surface area (Å²) < 4.78 is 39.7. The van der Waals surface area contributed by atoms with Gasteiger partial charge in [0.25, 0.3) is 0 Å². The molecule has 3 aromatic heterocycles. The van der Waals surface area contributed by atoms with Crippen LogP contribution in [0.4, 0.5) is 19.1 Å². The Bertz CT molecular complexity index is 1380. The normalized spacial score (nSPS) is 18.9. The van der Waals surface area contributed by atoms with Gasteiger partial charge in [-0.05, 0) is 50.7 Å². The molecule has 1 atom stereocenters. The molecule has 0 aliphatic carbocycles. The van der Waals surface area contributed by atoms with Crippen molar-refractivity contribution in [1.82, 2.24) is 35.5 Å². The molecule has 5 rings (SSSR count). The lowest BCUT2D eigenvalue weighted by molar-refractivity contribution is -0.137. The SMILES string of the molecule is CN1CCC(NC2C=CC(CNc3ncc(C#N)c(-c4c[nH]c5ncc(C(F)(F)F)cc45)n3)=CN2)CC1. The van der Waals surface area contributed by atoms with Gasteiger partial charge in [-0.25, -0.2) is 15.0 Å². The summed E-state index contributed by atoms with van der Waals surface area (Å²) in [5.41, 5.74) is 1.08. The summed E-state index contributed by atoms with van der Waals surface area (Å²) in [6, 6.07) is 3.49. The number of aromatic nitrogens is 4. The zero-order valence-corrected chi connectivity index (χ0v) is 20.1. The smallest absolute Gasteiger partial charge is 0.372 e. The van der Waals surface area contributed by atoms with Gasteiger partial charge in [-0.3, -0.25) is 5.32 Å². The van der Waals surface area contributed by atoms with Crippen molar-refractivity contribution in [1.29, 1.82) is 5.26 Å². The van der Waals surface area contributed by atoms with Gasteiger partial charge < -0.3 is 20.5 Å². The third-order valence-corrected chi connectivity index (χ3v) is 6.56. The standard InChI is InChI=1S/C25H26F3N9/c1-37-6-4-18(5-7-37)35-21-3-2-15(10-30-21)11-33-24-34-12-16(9-29)22(36-24)20-14-32-23-19(20)8-17(13-31-23)25(26,27)28/h2-3,8,10,12-14,18,21,30,35H,4-7,11H2,1H3,(H,31,32)(H,33,34,36). The highest BCUT2D eigenvalue weighted by Crippen LogP contribution is 2.34. The number of nitrogens with zero attached hydrogens (tertiary/aromatic N) is 5. The number of alkyl halides is 3. The van der Waals surface area contributed by atoms with E-state index in [4.69, 9.17) is 0 Å². The molecule has 1 fully saturated rings. The van der Waals surface area contributed by atoms with E-state index in [9.17, 15) is 18.4 Å². The van der Waals surface area contributed by atoms with Crippen LogP contribution in [0.3, 0.4) is 0 Å². The van der Waals surface area contributed by atoms with Crippen LogP contribution in [0.25, 0.3) is 22.3 Å². The first-order chi connectivity index (χ1) is 17.8. The molecule has 2 aliphatic heterocycles. The number of pyridine rings is 1. The highest BCUT2D eigenvalue weighted by atomic mass is 19.4. The van der Waals surface area contributed by atoms with E-state index in [-0.39, 0.29) is 34.4 Å². The van der Waals surface area contributed by atoms with Gasteiger partial charge in [-0.2, -0.15) is 18.4 Å². The average Bonchev–Trinajstić information content (AvgIpc) is 3.32. The lowest BCUT2D eigenvalue weighted by atomic mass is 10.0. The van der Waals surface area contributed by atoms with E-state index in [1.807, 2.05) is 18.3 Å². The lowest BCUT2D eigenvalue weighted by Crippen LogP contribution is -2.49. The average molecular weight is 510 g/mol. The minimum absolute atomic E-state index is 0.0620. The van der Waals surface area contributed by atoms with Crippen LogP contribution in [-0.2, 0) is 6.18 Å². The van der Waals surface area contributed by atoms with E-state index in [1.165, 1.54) is 12.4 Å². The second kappa shape index (κ2) is 10.2. The highest BCUT2D eigenvalue weighted by Gasteiger charge is 2.31. The zero-order valence-electron chi connectivity index (χ0n) is 20.1. The Morgan fingerprint density at radius 1 is 1.22 bits per heavy atom. The Kier molecular flexibility index (Phi) is 6.82. The van der Waals surface area contributed by atoms with E-state index in [0.717, 1.165) is 43.8 Å². The summed E-state index contributed by atoms with van der Waals surface area (Å²) in [6.45, 7) is 2.60. The molecule has 1 unspecified atom stereocenters. The van der Waals surface area contributed by atoms with E-state index < -0.39 is 11.7 Å². The van der Waals surface area contributed by atoms with Gasteiger partial charge in [-0.1, -0.05) is 6.08 Å². The molecule has 5 heterocycles. The zero-order chi connectivity index (χ0) is 26.0. The van der Waals surface area contributed by atoms with Gasteiger partial charge in [0.1, 0.15) is 11.7 Å². The molecule has 3 aromatic rings. The second-order valence-corrected chi connectivity index (χ2v) is 9.21. The number of hydrogen-bond donors (Lipinski definition) is 4. The molecule has 0 spiro atoms. The Labute approximate surface area is 211 Å². The van der Waals surface area contributed by atoms with Crippen molar-refractivity contribution < 1.29 is 13.2 Å². The lowest BCUT2D eigenvalue weighted by Gasteiger charge is -2.32. The molecule has 0 radical (unpaired) electrons. The quantitative estimate of drug-likeness (QED) is 0.400. The summed E-state index contributed by atoms with van der Waals surface area (Å²) in [5.74, 6) is 0.254. The fraction of sp³-hybridized carbons (Fsp3) is 0.360. The molecule has 0 amide bonds. The third kappa shape index (κ3) is 5.58. The maximum absolute atomic E-state index is 13.2. The molecule has 0 bridgehead atoms. The molecular formula is C25H26F3N9. The predicted molar refractivity (Wildman–Crippen MR) is 133 cm³/mol. The number of halogens is 3. The molecule has 9 nitrogen and oxygen atoms in total. The molecule has 2 aliphatic rings. The first-order valence-electron chi connectivity index (χ1n) is 11.9. The largest absolute Gasteiger partial charge is 0.417 e. The van der Waals surface area contributed by atoms with Crippen LogP contribution in [0.2, 0.25) is 0 Å². The third-order valence-electron chi connectivity index (χ3n) is 6.56. The number of hydrogen-bond acceptors (Lipinski definition) is 8. The molecule has 192 valence electrons. The van der Waals surface area contributed by atoms with Crippen molar-refractivity contribution >= 4 is 17.0 Å². The van der Waals surface area contributed by atoms with Crippen molar-refractivity contribution in [3.05, 3.63) is 59.7 Å². The van der Waals surface area contributed by atoms with Gasteiger partial charge in [-0.15, -0.1) is 0 Å². The number of aromatic amines is 1. The molecule has 37 heavy (non-hydrogen) atoms. The molecular weight excluding hydrogens is 483 g/mol. The van der Waals surface area contributed by atoms with Crippen LogP contribution in [0.15, 0.2) is 48.6 Å². The summed E-state index contributed by atoms with van der Waals surface area (Å²) in [6.07, 6.45) is 7.39. The number of likely N-dealkylation sites (tertiary alicyclic amines) is 1. The van der Waals surface area contributed by atoms with E-state index >= 15 is 0 Å². The number of H-pyrrole nitrogens is 1. The topological polar surface area (TPSA) is 118 Å². The first kappa shape index (κ1) is 24.7. The van der Waals surface area contributed by atoms with Crippen LogP contribution >= 0.6 is 0 Å². The van der Waals surface area contributed by atoms with Crippen LogP contribution in [-0.4, -0.2) is 63.7 Å². The Morgan fingerprint density at radius 2 is 2.03 bits per heavy atom. The van der Waals surface area contributed by atoms with Crippen LogP contribution in [0, 0.1) is 11.3 Å². The van der Waals surface area contributed by atoms with E-state index in [1.54, 1.807) is 0 Å². The first-order valence-corrected chi connectivity index (χ1v) is 11.9. The minimum atomic E-state index is -4.54. The fourth-order valence-corrected chi connectivity index (χ4v) is 4.45. The summed E-state index contributed by atoms with van der Waals surface area (Å²) >= 11 is 0. The monoisotopic (exact) mass is 509 g/mol. The fourth-order valence-electron chi connectivity index (χ4n) is 4.45. The van der Waals surface area contributed by atoms with E-state index in [0.29, 0.717) is 18.2 Å². The number of nitrogens with one attached hydrogen (secondary N) is 4. The Balaban J connectivity index is 1.28. The maximum Gasteiger partial charge on any atom is 0.417 e. The van der Waals surface area contributed by atoms with Crippen molar-refractivity contribution in [2.75, 3.05) is 32.0 Å². The Hall–Kier alpha value is -3.95. The molecule has 0 aromatic carbocycles. The van der Waals surface area contributed by atoms with E-state index in [2.05, 4.69) is 53.9 Å². The van der Waals surface area contributed by atoms with Crippen molar-refractivity contribution in [2.45, 2.75) is 31.2 Å². The predicted octanol–water partition coefficient (Wildman–Crippen LogP) is 3.38. The summed E-state index contributed by atoms with van der Waals surface area (Å²) in [7, 11) is 2.14. The number of fused-ring (bicyclic) bond motifs is 1. The molecule has 1 saturated heterocycles. The number of dihydropyridines is 1.